The van der Waals surface area contributed by atoms with Gasteiger partial charge in [-0.2, -0.15) is 0 Å². The van der Waals surface area contributed by atoms with E-state index in [-0.39, 0.29) is 17.4 Å². The normalized spacial score (nSPS) is 18.1. The summed E-state index contributed by atoms with van der Waals surface area (Å²) in [5, 5.41) is 6.27. The molecule has 0 unspecified atom stereocenters. The van der Waals surface area contributed by atoms with E-state index in [4.69, 9.17) is 9.72 Å². The molecule has 41 heavy (non-hydrogen) atoms. The maximum absolute atomic E-state index is 12.3. The van der Waals surface area contributed by atoms with E-state index in [1.165, 1.54) is 5.69 Å². The smallest absolute Gasteiger partial charge is 0.253 e. The van der Waals surface area contributed by atoms with Gasteiger partial charge in [0.15, 0.2) is 0 Å². The third kappa shape index (κ3) is 8.03. The van der Waals surface area contributed by atoms with Gasteiger partial charge in [-0.1, -0.05) is 26.0 Å². The van der Waals surface area contributed by atoms with Crippen LogP contribution in [0, 0.1) is 5.41 Å². The number of hydrogen-bond acceptors (Lipinski definition) is 8. The van der Waals surface area contributed by atoms with Gasteiger partial charge in [0.2, 0.25) is 5.95 Å². The summed E-state index contributed by atoms with van der Waals surface area (Å²) in [5.41, 5.74) is 4.97. The fourth-order valence-corrected chi connectivity index (χ4v) is 5.87. The number of carbonyl (C=O) groups excluding carboxylic acids is 1. The Hall–Kier alpha value is -3.53. The van der Waals surface area contributed by atoms with Crippen molar-refractivity contribution in [2.24, 2.45) is 5.41 Å². The summed E-state index contributed by atoms with van der Waals surface area (Å²) in [5.74, 6) is 0.455. The summed E-state index contributed by atoms with van der Waals surface area (Å²) < 4.78 is 5.47. The van der Waals surface area contributed by atoms with E-state index in [1.807, 2.05) is 30.3 Å². The minimum absolute atomic E-state index is 0.0864. The first-order valence-corrected chi connectivity index (χ1v) is 14.6. The lowest BCUT2D eigenvalue weighted by atomic mass is 9.92. The quantitative estimate of drug-likeness (QED) is 0.371. The Kier molecular flexibility index (Phi) is 9.17. The number of hydrogen-bond donors (Lipinski definition) is 2. The standard InChI is InChI=1S/C32H43N7O2/c1-32(2,22-37(3)4)23-38-17-19-39(20-18-38)27-13-11-26(12-14-27)35-31-33-16-15-28(36-31)24-7-9-25(10-8-24)34-30(40)29-6-5-21-41-29/h7-16,29H,5-6,17-23H2,1-4H3,(H,34,40)(H,33,35,36)/t29-/m0/s1. The highest BCUT2D eigenvalue weighted by Gasteiger charge is 2.26. The van der Waals surface area contributed by atoms with Crippen molar-refractivity contribution in [3.63, 3.8) is 0 Å². The Balaban J connectivity index is 1.14. The van der Waals surface area contributed by atoms with E-state index in [0.29, 0.717) is 12.6 Å². The molecule has 5 rings (SSSR count). The van der Waals surface area contributed by atoms with Gasteiger partial charge in [-0.25, -0.2) is 9.97 Å². The maximum Gasteiger partial charge on any atom is 0.253 e. The molecule has 3 aromatic rings. The fraction of sp³-hybridized carbons (Fsp3) is 0.469. The number of carbonyl (C=O) groups is 1. The SMILES string of the molecule is CN(C)CC(C)(C)CN1CCN(c2ccc(Nc3nccc(-c4ccc(NC(=O)[C@@H]5CCCO5)cc4)n3)cc2)CC1. The van der Waals surface area contributed by atoms with Crippen molar-refractivity contribution in [1.82, 2.24) is 19.8 Å². The zero-order chi connectivity index (χ0) is 28.8. The molecule has 1 amide bonds. The van der Waals surface area contributed by atoms with Crippen LogP contribution < -0.4 is 15.5 Å². The van der Waals surface area contributed by atoms with Crippen molar-refractivity contribution < 1.29 is 9.53 Å². The van der Waals surface area contributed by atoms with Gasteiger partial charge in [0.1, 0.15) is 6.10 Å². The molecule has 0 spiro atoms. The number of ether oxygens (including phenoxy) is 1. The van der Waals surface area contributed by atoms with Crippen LogP contribution >= 0.6 is 0 Å². The van der Waals surface area contributed by atoms with Gasteiger partial charge < -0.3 is 25.2 Å². The van der Waals surface area contributed by atoms with Crippen LogP contribution in [0.5, 0.6) is 0 Å². The van der Waals surface area contributed by atoms with Crippen molar-refractivity contribution in [3.05, 3.63) is 60.8 Å². The first-order chi connectivity index (χ1) is 19.7. The Morgan fingerprint density at radius 1 is 1.00 bits per heavy atom. The van der Waals surface area contributed by atoms with Crippen molar-refractivity contribution in [2.45, 2.75) is 32.8 Å². The van der Waals surface area contributed by atoms with Crippen molar-refractivity contribution in [1.29, 1.82) is 0 Å². The molecular formula is C32H43N7O2. The Labute approximate surface area is 243 Å². The summed E-state index contributed by atoms with van der Waals surface area (Å²) in [7, 11) is 4.30. The van der Waals surface area contributed by atoms with Crippen molar-refractivity contribution in [3.8, 4) is 11.3 Å². The third-order valence-electron chi connectivity index (χ3n) is 7.58. The zero-order valence-electron chi connectivity index (χ0n) is 24.8. The molecule has 218 valence electrons. The van der Waals surface area contributed by atoms with Gasteiger partial charge in [-0.15, -0.1) is 0 Å². The summed E-state index contributed by atoms with van der Waals surface area (Å²) in [6, 6.07) is 18.1. The monoisotopic (exact) mass is 557 g/mol. The first-order valence-electron chi connectivity index (χ1n) is 14.6. The average Bonchev–Trinajstić information content (AvgIpc) is 3.49. The van der Waals surface area contributed by atoms with Crippen LogP contribution in [0.25, 0.3) is 11.3 Å². The van der Waals surface area contributed by atoms with E-state index in [0.717, 1.165) is 74.7 Å². The lowest BCUT2D eigenvalue weighted by Gasteiger charge is -2.40. The molecule has 2 aliphatic heterocycles. The van der Waals surface area contributed by atoms with Crippen molar-refractivity contribution in [2.75, 3.05) is 75.5 Å². The van der Waals surface area contributed by atoms with E-state index < -0.39 is 0 Å². The summed E-state index contributed by atoms with van der Waals surface area (Å²) in [6.07, 6.45) is 3.11. The molecule has 0 bridgehead atoms. The van der Waals surface area contributed by atoms with E-state index in [2.05, 4.69) is 82.5 Å². The number of rotatable bonds is 10. The van der Waals surface area contributed by atoms with Gasteiger partial charge in [-0.05, 0) is 74.8 Å². The molecule has 2 aromatic carbocycles. The number of amides is 1. The van der Waals surface area contributed by atoms with Crippen LogP contribution in [0.3, 0.4) is 0 Å². The van der Waals surface area contributed by atoms with Crippen LogP contribution in [0.4, 0.5) is 23.0 Å². The molecule has 9 heteroatoms. The molecule has 2 saturated heterocycles. The number of nitrogens with one attached hydrogen (secondary N) is 2. The number of anilines is 4. The van der Waals surface area contributed by atoms with E-state index >= 15 is 0 Å². The van der Waals surface area contributed by atoms with Gasteiger partial charge in [0.05, 0.1) is 5.69 Å². The highest BCUT2D eigenvalue weighted by atomic mass is 16.5. The molecule has 0 aliphatic carbocycles. The lowest BCUT2D eigenvalue weighted by molar-refractivity contribution is -0.124. The summed E-state index contributed by atoms with van der Waals surface area (Å²) >= 11 is 0. The third-order valence-corrected chi connectivity index (χ3v) is 7.58. The van der Waals surface area contributed by atoms with Crippen LogP contribution in [0.1, 0.15) is 26.7 Å². The Morgan fingerprint density at radius 3 is 2.37 bits per heavy atom. The largest absolute Gasteiger partial charge is 0.369 e. The van der Waals surface area contributed by atoms with Gasteiger partial charge >= 0.3 is 0 Å². The first kappa shape index (κ1) is 29.0. The Morgan fingerprint density at radius 2 is 1.71 bits per heavy atom. The molecule has 1 atom stereocenters. The molecule has 3 heterocycles. The van der Waals surface area contributed by atoms with Crippen LogP contribution in [0.2, 0.25) is 0 Å². The Bertz CT molecular complexity index is 1280. The lowest BCUT2D eigenvalue weighted by Crippen LogP contribution is -2.50. The molecule has 1 aromatic heterocycles. The second kappa shape index (κ2) is 13.0. The van der Waals surface area contributed by atoms with E-state index in [9.17, 15) is 4.79 Å². The molecule has 9 nitrogen and oxygen atoms in total. The molecule has 2 fully saturated rings. The minimum Gasteiger partial charge on any atom is -0.369 e. The number of piperazine rings is 1. The molecule has 0 saturated carbocycles. The van der Waals surface area contributed by atoms with Crippen LogP contribution in [0.15, 0.2) is 60.8 Å². The predicted octanol–water partition coefficient (Wildman–Crippen LogP) is 4.71. The van der Waals surface area contributed by atoms with Gasteiger partial charge in [0, 0.05) is 74.7 Å². The molecular weight excluding hydrogens is 514 g/mol. The second-order valence-electron chi connectivity index (χ2n) is 12.2. The molecule has 0 radical (unpaired) electrons. The van der Waals surface area contributed by atoms with Gasteiger partial charge in [-0.3, -0.25) is 9.69 Å². The van der Waals surface area contributed by atoms with Crippen LogP contribution in [-0.2, 0) is 9.53 Å². The highest BCUT2D eigenvalue weighted by molar-refractivity contribution is 5.94. The van der Waals surface area contributed by atoms with Gasteiger partial charge in [0.25, 0.3) is 5.91 Å². The summed E-state index contributed by atoms with van der Waals surface area (Å²) in [6.45, 7) is 11.8. The minimum atomic E-state index is -0.347. The number of aromatic nitrogens is 2. The second-order valence-corrected chi connectivity index (χ2v) is 12.2. The van der Waals surface area contributed by atoms with Crippen LogP contribution in [-0.4, -0.2) is 91.7 Å². The van der Waals surface area contributed by atoms with E-state index in [1.54, 1.807) is 6.20 Å². The fourth-order valence-electron chi connectivity index (χ4n) is 5.87. The average molecular weight is 558 g/mol. The topological polar surface area (TPSA) is 85.9 Å². The predicted molar refractivity (Wildman–Crippen MR) is 166 cm³/mol. The number of nitrogens with zero attached hydrogens (tertiary/aromatic N) is 5. The summed E-state index contributed by atoms with van der Waals surface area (Å²) in [4.78, 5) is 28.8. The molecule has 2 N–H and O–H groups in total. The number of benzene rings is 2. The zero-order valence-corrected chi connectivity index (χ0v) is 24.8. The maximum atomic E-state index is 12.3. The van der Waals surface area contributed by atoms with Crippen molar-refractivity contribution >= 4 is 28.9 Å². The molecule has 2 aliphatic rings. The highest BCUT2D eigenvalue weighted by Crippen LogP contribution is 2.25.